The van der Waals surface area contributed by atoms with E-state index in [2.05, 4.69) is 0 Å². The van der Waals surface area contributed by atoms with Crippen LogP contribution in [-0.4, -0.2) is 37.5 Å². The number of carbonyl (C=O) groups is 1. The number of sulfonamides is 1. The van der Waals surface area contributed by atoms with Crippen LogP contribution in [0.1, 0.15) is 25.7 Å². The first-order valence-electron chi connectivity index (χ1n) is 5.40. The Bertz CT molecular complexity index is 403. The van der Waals surface area contributed by atoms with E-state index in [0.717, 1.165) is 0 Å². The van der Waals surface area contributed by atoms with Crippen LogP contribution in [0.25, 0.3) is 0 Å². The van der Waals surface area contributed by atoms with Crippen molar-refractivity contribution < 1.29 is 31.5 Å². The molecule has 0 aliphatic heterocycles. The minimum absolute atomic E-state index is 0.250. The molecule has 0 aromatic rings. The fourth-order valence-corrected chi connectivity index (χ4v) is 2.82. The molecule has 0 amide bonds. The number of hydrogen-bond donors (Lipinski definition) is 2. The summed E-state index contributed by atoms with van der Waals surface area (Å²) in [4.78, 5) is 10.8. The van der Waals surface area contributed by atoms with E-state index in [0.29, 0.717) is 12.8 Å². The third-order valence-corrected chi connectivity index (χ3v) is 3.98. The minimum atomic E-state index is -4.40. The summed E-state index contributed by atoms with van der Waals surface area (Å²) in [5.74, 6) is -2.26. The third kappa shape index (κ3) is 5.67. The molecular formula is C9H14F3NO4S. The number of alkyl halides is 3. The summed E-state index contributed by atoms with van der Waals surface area (Å²) in [6, 6.07) is -1.22. The number of carboxylic acid groups (broad SMARTS) is 1. The predicted octanol–water partition coefficient (Wildman–Crippen LogP) is 1.11. The monoisotopic (exact) mass is 289 g/mol. The van der Waals surface area contributed by atoms with Gasteiger partial charge in [0.15, 0.2) is 0 Å². The van der Waals surface area contributed by atoms with Crippen molar-refractivity contribution >= 4 is 16.0 Å². The molecule has 0 aromatic carbocycles. The third-order valence-electron chi connectivity index (χ3n) is 2.54. The van der Waals surface area contributed by atoms with Crippen LogP contribution >= 0.6 is 0 Å². The Labute approximate surface area is 102 Å². The molecule has 1 atom stereocenters. The number of hydrogen-bond acceptors (Lipinski definition) is 3. The Balaban J connectivity index is 2.45. The van der Waals surface area contributed by atoms with E-state index in [9.17, 15) is 26.4 Å². The summed E-state index contributed by atoms with van der Waals surface area (Å²) in [5.41, 5.74) is 0. The van der Waals surface area contributed by atoms with Gasteiger partial charge in [-0.2, -0.15) is 13.2 Å². The molecule has 0 spiro atoms. The Hall–Kier alpha value is -0.830. The van der Waals surface area contributed by atoms with E-state index in [-0.39, 0.29) is 5.92 Å². The molecule has 0 bridgehead atoms. The summed E-state index contributed by atoms with van der Waals surface area (Å²) in [5, 5.41) is 8.79. The maximum Gasteiger partial charge on any atom is 0.389 e. The molecule has 1 aliphatic rings. The Morgan fingerprint density at radius 1 is 1.39 bits per heavy atom. The average molecular weight is 289 g/mol. The largest absolute Gasteiger partial charge is 0.480 e. The van der Waals surface area contributed by atoms with E-state index in [4.69, 9.17) is 5.11 Å². The first-order valence-corrected chi connectivity index (χ1v) is 7.05. The lowest BCUT2D eigenvalue weighted by molar-refractivity contribution is -0.139. The molecule has 0 radical (unpaired) electrons. The molecule has 1 rings (SSSR count). The van der Waals surface area contributed by atoms with Gasteiger partial charge in [-0.05, 0) is 25.2 Å². The lowest BCUT2D eigenvalue weighted by Gasteiger charge is -2.14. The van der Waals surface area contributed by atoms with Crippen molar-refractivity contribution in [3.8, 4) is 0 Å². The molecule has 18 heavy (non-hydrogen) atoms. The van der Waals surface area contributed by atoms with Crippen LogP contribution in [0.4, 0.5) is 13.2 Å². The van der Waals surface area contributed by atoms with Crippen molar-refractivity contribution in [2.24, 2.45) is 5.92 Å². The average Bonchev–Trinajstić information content (AvgIpc) is 2.94. The molecule has 9 heteroatoms. The van der Waals surface area contributed by atoms with Gasteiger partial charge in [0.2, 0.25) is 10.0 Å². The molecule has 2 N–H and O–H groups in total. The van der Waals surface area contributed by atoms with Gasteiger partial charge in [-0.1, -0.05) is 0 Å². The molecule has 1 aliphatic carbocycles. The van der Waals surface area contributed by atoms with Gasteiger partial charge in [0.05, 0.1) is 5.75 Å². The standard InChI is InChI=1S/C9H14F3NO4S/c10-9(11,12)4-1-5-18(16,17)13-7(8(14)15)6-2-3-6/h6-7,13H,1-5H2,(H,14,15). The summed E-state index contributed by atoms with van der Waals surface area (Å²) < 4.78 is 60.3. The summed E-state index contributed by atoms with van der Waals surface area (Å²) in [6.45, 7) is 0. The van der Waals surface area contributed by atoms with Crippen LogP contribution in [0.15, 0.2) is 0 Å². The smallest absolute Gasteiger partial charge is 0.389 e. The Morgan fingerprint density at radius 2 is 1.94 bits per heavy atom. The molecule has 1 saturated carbocycles. The second-order valence-electron chi connectivity index (χ2n) is 4.31. The van der Waals surface area contributed by atoms with Gasteiger partial charge < -0.3 is 5.11 Å². The van der Waals surface area contributed by atoms with Gasteiger partial charge in [0.1, 0.15) is 6.04 Å². The van der Waals surface area contributed by atoms with Crippen LogP contribution in [0.5, 0.6) is 0 Å². The fraction of sp³-hybridized carbons (Fsp3) is 0.889. The number of halogens is 3. The van der Waals surface area contributed by atoms with Crippen LogP contribution < -0.4 is 4.72 Å². The van der Waals surface area contributed by atoms with Crippen molar-refractivity contribution in [2.75, 3.05) is 5.75 Å². The van der Waals surface area contributed by atoms with E-state index in [1.54, 1.807) is 0 Å². The molecule has 1 unspecified atom stereocenters. The summed E-state index contributed by atoms with van der Waals surface area (Å²) >= 11 is 0. The molecule has 0 heterocycles. The molecule has 0 saturated heterocycles. The zero-order valence-corrected chi connectivity index (χ0v) is 10.2. The first kappa shape index (κ1) is 15.2. The van der Waals surface area contributed by atoms with Crippen LogP contribution in [0.2, 0.25) is 0 Å². The fourth-order valence-electron chi connectivity index (χ4n) is 1.49. The SMILES string of the molecule is O=C(O)C(NS(=O)(=O)CCCC(F)(F)F)C1CC1. The highest BCUT2D eigenvalue weighted by atomic mass is 32.2. The molecule has 5 nitrogen and oxygen atoms in total. The van der Waals surface area contributed by atoms with Crippen molar-refractivity contribution in [2.45, 2.75) is 37.9 Å². The lowest BCUT2D eigenvalue weighted by Crippen LogP contribution is -2.43. The second-order valence-corrected chi connectivity index (χ2v) is 6.18. The molecule has 1 fully saturated rings. The van der Waals surface area contributed by atoms with Gasteiger partial charge in [-0.25, -0.2) is 13.1 Å². The van der Waals surface area contributed by atoms with Gasteiger partial charge in [0.25, 0.3) is 0 Å². The van der Waals surface area contributed by atoms with E-state index >= 15 is 0 Å². The summed E-state index contributed by atoms with van der Waals surface area (Å²) in [6.07, 6.45) is -4.95. The van der Waals surface area contributed by atoms with Gasteiger partial charge in [-0.3, -0.25) is 4.79 Å². The van der Waals surface area contributed by atoms with Gasteiger partial charge in [0, 0.05) is 6.42 Å². The van der Waals surface area contributed by atoms with Gasteiger partial charge >= 0.3 is 12.1 Å². The highest BCUT2D eigenvalue weighted by molar-refractivity contribution is 7.89. The van der Waals surface area contributed by atoms with Gasteiger partial charge in [-0.15, -0.1) is 0 Å². The predicted molar refractivity (Wildman–Crippen MR) is 56.4 cm³/mol. The Morgan fingerprint density at radius 3 is 2.33 bits per heavy atom. The maximum absolute atomic E-state index is 11.9. The van der Waals surface area contributed by atoms with Crippen molar-refractivity contribution in [3.63, 3.8) is 0 Å². The highest BCUT2D eigenvalue weighted by Crippen LogP contribution is 2.33. The zero-order valence-electron chi connectivity index (χ0n) is 9.40. The summed E-state index contributed by atoms with van der Waals surface area (Å²) in [7, 11) is -3.98. The first-order chi connectivity index (χ1) is 8.11. The normalized spacial score (nSPS) is 18.6. The van der Waals surface area contributed by atoms with Crippen LogP contribution in [0.3, 0.4) is 0 Å². The Kier molecular flexibility index (Phi) is 4.60. The molecular weight excluding hydrogens is 275 g/mol. The minimum Gasteiger partial charge on any atom is -0.480 e. The van der Waals surface area contributed by atoms with Crippen molar-refractivity contribution in [1.29, 1.82) is 0 Å². The van der Waals surface area contributed by atoms with Crippen LogP contribution in [0, 0.1) is 5.92 Å². The van der Waals surface area contributed by atoms with Crippen molar-refractivity contribution in [3.05, 3.63) is 0 Å². The zero-order chi connectivity index (χ0) is 14.0. The van der Waals surface area contributed by atoms with Crippen LogP contribution in [-0.2, 0) is 14.8 Å². The van der Waals surface area contributed by atoms with E-state index in [1.165, 1.54) is 0 Å². The van der Waals surface area contributed by atoms with Crippen molar-refractivity contribution in [1.82, 2.24) is 4.72 Å². The molecule has 0 aromatic heterocycles. The van der Waals surface area contributed by atoms with E-state index in [1.807, 2.05) is 4.72 Å². The topological polar surface area (TPSA) is 83.5 Å². The molecule has 106 valence electrons. The van der Waals surface area contributed by atoms with E-state index < -0.39 is 46.8 Å². The second kappa shape index (κ2) is 5.43. The highest BCUT2D eigenvalue weighted by Gasteiger charge is 2.38. The number of nitrogens with one attached hydrogen (secondary N) is 1. The number of aliphatic carboxylic acids is 1. The quantitative estimate of drug-likeness (QED) is 0.735. The lowest BCUT2D eigenvalue weighted by atomic mass is 10.2. The number of rotatable bonds is 7. The number of carboxylic acids is 1. The maximum atomic E-state index is 11.9.